The van der Waals surface area contributed by atoms with Crippen molar-refractivity contribution in [1.29, 1.82) is 0 Å². The van der Waals surface area contributed by atoms with Gasteiger partial charge < -0.3 is 15.5 Å². The van der Waals surface area contributed by atoms with Crippen molar-refractivity contribution < 1.29 is 4.79 Å². The highest BCUT2D eigenvalue weighted by molar-refractivity contribution is 5.93. The fourth-order valence-electron chi connectivity index (χ4n) is 2.87. The van der Waals surface area contributed by atoms with Gasteiger partial charge in [-0.3, -0.25) is 4.79 Å². The van der Waals surface area contributed by atoms with E-state index in [0.29, 0.717) is 0 Å². The van der Waals surface area contributed by atoms with Crippen LogP contribution in [0.2, 0.25) is 0 Å². The van der Waals surface area contributed by atoms with Gasteiger partial charge in [-0.2, -0.15) is 0 Å². The van der Waals surface area contributed by atoms with E-state index in [4.69, 9.17) is 0 Å². The molecule has 1 heterocycles. The summed E-state index contributed by atoms with van der Waals surface area (Å²) in [5, 5.41) is 6.07. The minimum Gasteiger partial charge on any atom is -0.376 e. The Morgan fingerprint density at radius 3 is 2.48 bits per heavy atom. The first-order valence-corrected chi connectivity index (χ1v) is 8.16. The number of amides is 1. The minimum atomic E-state index is -0.0413. The van der Waals surface area contributed by atoms with Crippen molar-refractivity contribution in [2.45, 2.75) is 19.8 Å². The van der Waals surface area contributed by atoms with Crippen LogP contribution < -0.4 is 15.5 Å². The molecule has 120 valence electrons. The zero-order valence-corrected chi connectivity index (χ0v) is 13.5. The molecule has 1 saturated heterocycles. The molecule has 0 spiro atoms. The molecular formula is C19H23N3O. The maximum atomic E-state index is 12.0. The van der Waals surface area contributed by atoms with E-state index >= 15 is 0 Å². The van der Waals surface area contributed by atoms with E-state index in [9.17, 15) is 4.79 Å². The molecule has 1 aliphatic heterocycles. The number of nitrogens with zero attached hydrogens (tertiary/aromatic N) is 1. The average molecular weight is 309 g/mol. The number of benzene rings is 2. The topological polar surface area (TPSA) is 44.4 Å². The lowest BCUT2D eigenvalue weighted by Gasteiger charge is -2.17. The summed E-state index contributed by atoms with van der Waals surface area (Å²) in [6, 6.07) is 16.1. The third-order valence-corrected chi connectivity index (χ3v) is 4.09. The van der Waals surface area contributed by atoms with Crippen molar-refractivity contribution in [3.8, 4) is 0 Å². The molecule has 0 unspecified atom stereocenters. The number of anilines is 3. The highest BCUT2D eigenvalue weighted by Crippen LogP contribution is 2.22. The molecule has 1 aliphatic rings. The smallest absolute Gasteiger partial charge is 0.243 e. The molecule has 1 amide bonds. The monoisotopic (exact) mass is 309 g/mol. The third-order valence-electron chi connectivity index (χ3n) is 4.09. The molecule has 0 bridgehead atoms. The summed E-state index contributed by atoms with van der Waals surface area (Å²) in [4.78, 5) is 14.4. The molecule has 23 heavy (non-hydrogen) atoms. The summed E-state index contributed by atoms with van der Waals surface area (Å²) < 4.78 is 0. The lowest BCUT2D eigenvalue weighted by molar-refractivity contribution is -0.114. The van der Waals surface area contributed by atoms with Gasteiger partial charge in [-0.1, -0.05) is 12.1 Å². The highest BCUT2D eigenvalue weighted by Gasteiger charge is 2.12. The van der Waals surface area contributed by atoms with Gasteiger partial charge in [0.25, 0.3) is 0 Å². The van der Waals surface area contributed by atoms with Crippen molar-refractivity contribution in [1.82, 2.24) is 0 Å². The zero-order valence-electron chi connectivity index (χ0n) is 13.5. The number of hydrogen-bond donors (Lipinski definition) is 2. The number of nitrogens with one attached hydrogen (secondary N) is 2. The van der Waals surface area contributed by atoms with E-state index in [1.165, 1.54) is 24.1 Å². The molecule has 2 N–H and O–H groups in total. The molecule has 0 saturated carbocycles. The first-order chi connectivity index (χ1) is 11.2. The number of carbonyl (C=O) groups excluding carboxylic acids is 1. The van der Waals surface area contributed by atoms with Crippen molar-refractivity contribution in [2.75, 3.05) is 35.2 Å². The van der Waals surface area contributed by atoms with E-state index in [2.05, 4.69) is 27.7 Å². The van der Waals surface area contributed by atoms with Crippen LogP contribution in [0.4, 0.5) is 17.1 Å². The second kappa shape index (κ2) is 7.18. The zero-order chi connectivity index (χ0) is 16.1. The maximum Gasteiger partial charge on any atom is 0.243 e. The normalized spacial score (nSPS) is 13.9. The van der Waals surface area contributed by atoms with Crippen molar-refractivity contribution >= 4 is 23.0 Å². The highest BCUT2D eigenvalue weighted by atomic mass is 16.1. The van der Waals surface area contributed by atoms with Gasteiger partial charge in [0.2, 0.25) is 5.91 Å². The standard InChI is InChI=1S/C19H23N3O/c1-15-5-4-6-17(13-15)20-14-19(23)21-16-7-9-18(10-8-16)22-11-2-3-12-22/h4-10,13,20H,2-3,11-12,14H2,1H3,(H,21,23). The Balaban J connectivity index is 1.51. The molecule has 0 atom stereocenters. The average Bonchev–Trinajstić information content (AvgIpc) is 3.08. The lowest BCUT2D eigenvalue weighted by Crippen LogP contribution is -2.22. The molecule has 4 nitrogen and oxygen atoms in total. The van der Waals surface area contributed by atoms with Crippen LogP contribution in [0.25, 0.3) is 0 Å². The minimum absolute atomic E-state index is 0.0413. The van der Waals surface area contributed by atoms with Crippen LogP contribution in [-0.4, -0.2) is 25.5 Å². The summed E-state index contributed by atoms with van der Waals surface area (Å²) in [5.74, 6) is -0.0413. The van der Waals surface area contributed by atoms with Gasteiger partial charge in [0.1, 0.15) is 0 Å². The maximum absolute atomic E-state index is 12.0. The van der Waals surface area contributed by atoms with Crippen LogP contribution in [0.3, 0.4) is 0 Å². The van der Waals surface area contributed by atoms with Gasteiger partial charge in [0.05, 0.1) is 6.54 Å². The van der Waals surface area contributed by atoms with E-state index in [-0.39, 0.29) is 12.5 Å². The molecule has 3 rings (SSSR count). The predicted molar refractivity (Wildman–Crippen MR) is 96.2 cm³/mol. The van der Waals surface area contributed by atoms with Crippen LogP contribution in [0.1, 0.15) is 18.4 Å². The van der Waals surface area contributed by atoms with Crippen molar-refractivity contribution in [3.63, 3.8) is 0 Å². The Morgan fingerprint density at radius 2 is 1.78 bits per heavy atom. The van der Waals surface area contributed by atoms with Gasteiger partial charge in [-0.25, -0.2) is 0 Å². The Bertz CT molecular complexity index is 661. The molecular weight excluding hydrogens is 286 g/mol. The largest absolute Gasteiger partial charge is 0.376 e. The van der Waals surface area contributed by atoms with Gasteiger partial charge >= 0.3 is 0 Å². The third kappa shape index (κ3) is 4.25. The van der Waals surface area contributed by atoms with Crippen molar-refractivity contribution in [2.24, 2.45) is 0 Å². The first kappa shape index (κ1) is 15.4. The molecule has 0 radical (unpaired) electrons. The molecule has 4 heteroatoms. The second-order valence-electron chi connectivity index (χ2n) is 6.01. The molecule has 2 aromatic carbocycles. The van der Waals surface area contributed by atoms with Gasteiger partial charge in [-0.05, 0) is 61.7 Å². The summed E-state index contributed by atoms with van der Waals surface area (Å²) in [6.07, 6.45) is 2.53. The lowest BCUT2D eigenvalue weighted by atomic mass is 10.2. The molecule has 0 aliphatic carbocycles. The fraction of sp³-hybridized carbons (Fsp3) is 0.316. The Morgan fingerprint density at radius 1 is 1.04 bits per heavy atom. The van der Waals surface area contributed by atoms with Crippen LogP contribution in [0, 0.1) is 6.92 Å². The van der Waals surface area contributed by atoms with Gasteiger partial charge in [0.15, 0.2) is 0 Å². The van der Waals surface area contributed by atoms with Gasteiger partial charge in [0, 0.05) is 30.2 Å². The first-order valence-electron chi connectivity index (χ1n) is 8.16. The molecule has 0 aromatic heterocycles. The summed E-state index contributed by atoms with van der Waals surface area (Å²) in [6.45, 7) is 4.56. The van der Waals surface area contributed by atoms with Gasteiger partial charge in [-0.15, -0.1) is 0 Å². The molecule has 2 aromatic rings. The summed E-state index contributed by atoms with van der Waals surface area (Å²) in [7, 11) is 0. The fourth-order valence-corrected chi connectivity index (χ4v) is 2.87. The van der Waals surface area contributed by atoms with Crippen LogP contribution in [0.15, 0.2) is 48.5 Å². The summed E-state index contributed by atoms with van der Waals surface area (Å²) >= 11 is 0. The quantitative estimate of drug-likeness (QED) is 0.886. The molecule has 1 fully saturated rings. The number of hydrogen-bond acceptors (Lipinski definition) is 3. The van der Waals surface area contributed by atoms with E-state index in [0.717, 1.165) is 24.5 Å². The van der Waals surface area contributed by atoms with Crippen LogP contribution in [0.5, 0.6) is 0 Å². The predicted octanol–water partition coefficient (Wildman–Crippen LogP) is 3.65. The van der Waals surface area contributed by atoms with Crippen LogP contribution in [-0.2, 0) is 4.79 Å². The van der Waals surface area contributed by atoms with E-state index in [1.54, 1.807) is 0 Å². The Labute approximate surface area is 137 Å². The Kier molecular flexibility index (Phi) is 4.81. The van der Waals surface area contributed by atoms with E-state index in [1.807, 2.05) is 43.3 Å². The Hall–Kier alpha value is -2.49. The van der Waals surface area contributed by atoms with E-state index < -0.39 is 0 Å². The van der Waals surface area contributed by atoms with Crippen molar-refractivity contribution in [3.05, 3.63) is 54.1 Å². The van der Waals surface area contributed by atoms with Crippen LogP contribution >= 0.6 is 0 Å². The number of rotatable bonds is 5. The second-order valence-corrected chi connectivity index (χ2v) is 6.01. The number of aryl methyl sites for hydroxylation is 1. The number of carbonyl (C=O) groups is 1. The SMILES string of the molecule is Cc1cccc(NCC(=O)Nc2ccc(N3CCCC3)cc2)c1. The summed E-state index contributed by atoms with van der Waals surface area (Å²) in [5.41, 5.74) is 4.21.